The zero-order valence-electron chi connectivity index (χ0n) is 14.3. The van der Waals surface area contributed by atoms with Gasteiger partial charge in [-0.25, -0.2) is 4.79 Å². The van der Waals surface area contributed by atoms with E-state index in [0.29, 0.717) is 23.0 Å². The summed E-state index contributed by atoms with van der Waals surface area (Å²) in [4.78, 5) is 12.5. The van der Waals surface area contributed by atoms with Crippen LogP contribution in [0, 0.1) is 6.92 Å². The number of thiocarbonyl (C=S) groups is 1. The van der Waals surface area contributed by atoms with Gasteiger partial charge in [0.1, 0.15) is 12.4 Å². The van der Waals surface area contributed by atoms with Crippen molar-refractivity contribution >= 4 is 23.3 Å². The normalized spacial score (nSPS) is 17.2. The van der Waals surface area contributed by atoms with E-state index in [0.717, 1.165) is 16.9 Å². The van der Waals surface area contributed by atoms with Crippen LogP contribution in [-0.2, 0) is 14.3 Å². The fourth-order valence-electron chi connectivity index (χ4n) is 2.53. The van der Waals surface area contributed by atoms with E-state index < -0.39 is 12.0 Å². The van der Waals surface area contributed by atoms with E-state index in [1.165, 1.54) is 0 Å². The van der Waals surface area contributed by atoms with Gasteiger partial charge in [-0.2, -0.15) is 0 Å². The van der Waals surface area contributed by atoms with E-state index in [-0.39, 0.29) is 6.61 Å². The number of esters is 1. The predicted molar refractivity (Wildman–Crippen MR) is 94.9 cm³/mol. The summed E-state index contributed by atoms with van der Waals surface area (Å²) in [7, 11) is 3.18. The topological polar surface area (TPSA) is 68.8 Å². The van der Waals surface area contributed by atoms with E-state index in [2.05, 4.69) is 10.6 Å². The standard InChI is InChI=1S/C17H22N2O4S/c1-10-5-6-12(9-13(10)22-4)15-14(11(2)18-17(24)19-15)16(20)23-8-7-21-3/h5-6,9,15H,7-8H2,1-4H3,(H2,18,19,24)/t15-/m0/s1. The molecule has 24 heavy (non-hydrogen) atoms. The minimum atomic E-state index is -0.406. The number of carbonyl (C=O) groups excluding carboxylic acids is 1. The van der Waals surface area contributed by atoms with Gasteiger partial charge in [0.05, 0.1) is 25.3 Å². The molecule has 1 aliphatic rings. The SMILES string of the molecule is COCCOC(=O)C1=C(C)NC(=S)N[C@H]1c1ccc(C)c(OC)c1. The first-order valence-electron chi connectivity index (χ1n) is 7.56. The van der Waals surface area contributed by atoms with Crippen molar-refractivity contribution in [3.05, 3.63) is 40.6 Å². The van der Waals surface area contributed by atoms with Crippen LogP contribution in [0.2, 0.25) is 0 Å². The number of nitrogens with one attached hydrogen (secondary N) is 2. The molecule has 1 aromatic rings. The van der Waals surface area contributed by atoms with Crippen LogP contribution in [0.1, 0.15) is 24.1 Å². The zero-order valence-corrected chi connectivity index (χ0v) is 15.1. The van der Waals surface area contributed by atoms with E-state index in [1.54, 1.807) is 21.1 Å². The van der Waals surface area contributed by atoms with E-state index in [4.69, 9.17) is 26.4 Å². The van der Waals surface area contributed by atoms with Crippen LogP contribution in [0.4, 0.5) is 0 Å². The Bertz CT molecular complexity index is 673. The smallest absolute Gasteiger partial charge is 0.338 e. The summed E-state index contributed by atoms with van der Waals surface area (Å²) in [6.07, 6.45) is 0. The largest absolute Gasteiger partial charge is 0.496 e. The molecule has 1 heterocycles. The van der Waals surface area contributed by atoms with Gasteiger partial charge in [0, 0.05) is 12.8 Å². The van der Waals surface area contributed by atoms with E-state index in [1.807, 2.05) is 25.1 Å². The van der Waals surface area contributed by atoms with Crippen LogP contribution in [0.15, 0.2) is 29.5 Å². The van der Waals surface area contributed by atoms with Crippen LogP contribution < -0.4 is 15.4 Å². The van der Waals surface area contributed by atoms with Gasteiger partial charge in [0.2, 0.25) is 0 Å². The van der Waals surface area contributed by atoms with E-state index >= 15 is 0 Å². The molecule has 0 spiro atoms. The van der Waals surface area contributed by atoms with Crippen molar-refractivity contribution in [3.8, 4) is 5.75 Å². The summed E-state index contributed by atoms with van der Waals surface area (Å²) in [5.74, 6) is 0.347. The Morgan fingerprint density at radius 3 is 2.67 bits per heavy atom. The molecule has 0 aromatic heterocycles. The van der Waals surface area contributed by atoms with Gasteiger partial charge >= 0.3 is 5.97 Å². The van der Waals surface area contributed by atoms with Crippen molar-refractivity contribution in [3.63, 3.8) is 0 Å². The molecule has 7 heteroatoms. The Kier molecular flexibility index (Phi) is 6.16. The number of benzene rings is 1. The van der Waals surface area contributed by atoms with Gasteiger partial charge in [-0.1, -0.05) is 12.1 Å². The number of rotatable bonds is 6. The number of methoxy groups -OCH3 is 2. The van der Waals surface area contributed by atoms with Gasteiger partial charge in [0.15, 0.2) is 5.11 Å². The maximum atomic E-state index is 12.5. The van der Waals surface area contributed by atoms with Gasteiger partial charge < -0.3 is 24.8 Å². The highest BCUT2D eigenvalue weighted by atomic mass is 32.1. The first-order chi connectivity index (χ1) is 11.5. The number of carbonyl (C=O) groups is 1. The lowest BCUT2D eigenvalue weighted by molar-refractivity contribution is -0.140. The number of hydrogen-bond acceptors (Lipinski definition) is 5. The third-order valence-electron chi connectivity index (χ3n) is 3.78. The van der Waals surface area contributed by atoms with Crippen LogP contribution in [-0.4, -0.2) is 38.5 Å². The monoisotopic (exact) mass is 350 g/mol. The predicted octanol–water partition coefficient (Wildman–Crippen LogP) is 1.99. The molecule has 2 rings (SSSR count). The van der Waals surface area contributed by atoms with Crippen molar-refractivity contribution in [1.82, 2.24) is 10.6 Å². The zero-order chi connectivity index (χ0) is 17.7. The van der Waals surface area contributed by atoms with Crippen LogP contribution >= 0.6 is 12.2 Å². The minimum Gasteiger partial charge on any atom is -0.496 e. The molecule has 2 N–H and O–H groups in total. The second-order valence-corrected chi connectivity index (χ2v) is 5.84. The Hall–Kier alpha value is -2.12. The summed E-state index contributed by atoms with van der Waals surface area (Å²) >= 11 is 5.23. The molecular formula is C17H22N2O4S. The third-order valence-corrected chi connectivity index (χ3v) is 4.00. The molecule has 1 atom stereocenters. The van der Waals surface area contributed by atoms with E-state index in [9.17, 15) is 4.79 Å². The molecule has 130 valence electrons. The molecule has 0 amide bonds. The highest BCUT2D eigenvalue weighted by Gasteiger charge is 2.31. The fraction of sp³-hybridized carbons (Fsp3) is 0.412. The van der Waals surface area contributed by atoms with Crippen LogP contribution in [0.3, 0.4) is 0 Å². The minimum absolute atomic E-state index is 0.195. The Labute approximate surface area is 147 Å². The number of allylic oxidation sites excluding steroid dienone is 1. The summed E-state index contributed by atoms with van der Waals surface area (Å²) in [5, 5.41) is 6.57. The summed E-state index contributed by atoms with van der Waals surface area (Å²) in [6.45, 7) is 4.31. The molecular weight excluding hydrogens is 328 g/mol. The van der Waals surface area contributed by atoms with Gasteiger partial charge in [0.25, 0.3) is 0 Å². The molecule has 0 radical (unpaired) electrons. The first-order valence-corrected chi connectivity index (χ1v) is 7.97. The molecule has 0 aliphatic carbocycles. The van der Waals surface area contributed by atoms with Crippen molar-refractivity contribution in [1.29, 1.82) is 0 Å². The second-order valence-electron chi connectivity index (χ2n) is 5.43. The second kappa shape index (κ2) is 8.12. The third kappa shape index (κ3) is 4.04. The lowest BCUT2D eigenvalue weighted by atomic mass is 9.94. The molecule has 0 unspecified atom stereocenters. The van der Waals surface area contributed by atoms with Crippen molar-refractivity contribution in [2.45, 2.75) is 19.9 Å². The lowest BCUT2D eigenvalue weighted by Gasteiger charge is -2.30. The number of hydrogen-bond donors (Lipinski definition) is 2. The fourth-order valence-corrected chi connectivity index (χ4v) is 2.80. The molecule has 0 bridgehead atoms. The first kappa shape index (κ1) is 18.2. The van der Waals surface area contributed by atoms with Crippen LogP contribution in [0.25, 0.3) is 0 Å². The maximum Gasteiger partial charge on any atom is 0.338 e. The highest BCUT2D eigenvalue weighted by Crippen LogP contribution is 2.31. The Morgan fingerprint density at radius 2 is 2.00 bits per heavy atom. The Balaban J connectivity index is 2.36. The van der Waals surface area contributed by atoms with Crippen molar-refractivity contribution in [2.24, 2.45) is 0 Å². The molecule has 0 saturated carbocycles. The van der Waals surface area contributed by atoms with Gasteiger partial charge in [-0.05, 0) is 43.3 Å². The highest BCUT2D eigenvalue weighted by molar-refractivity contribution is 7.80. The molecule has 0 saturated heterocycles. The molecule has 1 aliphatic heterocycles. The number of aryl methyl sites for hydroxylation is 1. The average Bonchev–Trinajstić information content (AvgIpc) is 2.54. The van der Waals surface area contributed by atoms with Crippen molar-refractivity contribution in [2.75, 3.05) is 27.4 Å². The summed E-state index contributed by atoms with van der Waals surface area (Å²) < 4.78 is 15.6. The Morgan fingerprint density at radius 1 is 1.25 bits per heavy atom. The quantitative estimate of drug-likeness (QED) is 0.462. The average molecular weight is 350 g/mol. The molecule has 0 fully saturated rings. The molecule has 1 aromatic carbocycles. The summed E-state index contributed by atoms with van der Waals surface area (Å²) in [6, 6.07) is 5.39. The molecule has 6 nitrogen and oxygen atoms in total. The van der Waals surface area contributed by atoms with Crippen LogP contribution in [0.5, 0.6) is 5.75 Å². The summed E-state index contributed by atoms with van der Waals surface area (Å²) in [5.41, 5.74) is 3.05. The van der Waals surface area contributed by atoms with Gasteiger partial charge in [-0.3, -0.25) is 0 Å². The maximum absolute atomic E-state index is 12.5. The van der Waals surface area contributed by atoms with Gasteiger partial charge in [-0.15, -0.1) is 0 Å². The number of ether oxygens (including phenoxy) is 3. The van der Waals surface area contributed by atoms with Crippen molar-refractivity contribution < 1.29 is 19.0 Å². The lowest BCUT2D eigenvalue weighted by Crippen LogP contribution is -2.45.